The van der Waals surface area contributed by atoms with Crippen molar-refractivity contribution in [2.75, 3.05) is 7.11 Å². The third-order valence-corrected chi connectivity index (χ3v) is 4.08. The molecule has 1 atom stereocenters. The molecule has 0 aromatic heterocycles. The number of ether oxygens (including phenoxy) is 1. The quantitative estimate of drug-likeness (QED) is 0.785. The molecule has 1 aliphatic carbocycles. The van der Waals surface area contributed by atoms with Gasteiger partial charge in [-0.1, -0.05) is 12.1 Å². The zero-order valence-corrected chi connectivity index (χ0v) is 13.3. The fraction of sp³-hybridized carbons (Fsp3) is 0.562. The van der Waals surface area contributed by atoms with E-state index in [1.807, 2.05) is 5.32 Å². The summed E-state index contributed by atoms with van der Waals surface area (Å²) in [5, 5.41) is 14.0. The maximum Gasteiger partial charge on any atom is 0.412 e. The van der Waals surface area contributed by atoms with Crippen LogP contribution in [0.1, 0.15) is 37.3 Å². The van der Waals surface area contributed by atoms with Gasteiger partial charge in [0.1, 0.15) is 5.75 Å². The molecule has 1 fully saturated rings. The van der Waals surface area contributed by atoms with Crippen LogP contribution in [0.2, 0.25) is 0 Å². The molecule has 0 unspecified atom stereocenters. The van der Waals surface area contributed by atoms with Crippen molar-refractivity contribution in [3.8, 4) is 5.75 Å². The first-order valence-corrected chi connectivity index (χ1v) is 7.75. The van der Waals surface area contributed by atoms with Crippen molar-refractivity contribution in [1.82, 2.24) is 10.6 Å². The summed E-state index contributed by atoms with van der Waals surface area (Å²) < 4.78 is 44.7. The molecule has 1 aliphatic rings. The molecule has 0 bridgehead atoms. The molecule has 8 heteroatoms. The van der Waals surface area contributed by atoms with Crippen molar-refractivity contribution in [1.29, 1.82) is 0 Å². The number of hydrogen-bond donors (Lipinski definition) is 3. The van der Waals surface area contributed by atoms with Gasteiger partial charge in [-0.15, -0.1) is 0 Å². The molecule has 0 radical (unpaired) electrons. The van der Waals surface area contributed by atoms with Crippen molar-refractivity contribution in [2.24, 2.45) is 0 Å². The first kappa shape index (κ1) is 18.4. The highest BCUT2D eigenvalue weighted by molar-refractivity contribution is 5.75. The van der Waals surface area contributed by atoms with E-state index in [2.05, 4.69) is 5.32 Å². The number of aliphatic hydroxyl groups excluding tert-OH is 1. The van der Waals surface area contributed by atoms with Crippen LogP contribution < -0.4 is 15.4 Å². The molecule has 2 rings (SSSR count). The molecule has 0 spiro atoms. The Morgan fingerprint density at radius 3 is 2.29 bits per heavy atom. The highest BCUT2D eigenvalue weighted by Crippen LogP contribution is 2.33. The average Bonchev–Trinajstić information content (AvgIpc) is 2.54. The fourth-order valence-corrected chi connectivity index (χ4v) is 2.73. The third-order valence-electron chi connectivity index (χ3n) is 4.08. The number of alkyl halides is 3. The average molecular weight is 346 g/mol. The maximum atomic E-state index is 13.3. The number of amides is 2. The zero-order chi connectivity index (χ0) is 17.7. The van der Waals surface area contributed by atoms with Crippen LogP contribution in [0, 0.1) is 0 Å². The van der Waals surface area contributed by atoms with Gasteiger partial charge in [-0.05, 0) is 43.4 Å². The molecule has 5 nitrogen and oxygen atoms in total. The number of urea groups is 1. The van der Waals surface area contributed by atoms with Gasteiger partial charge in [-0.2, -0.15) is 13.2 Å². The Bertz CT molecular complexity index is 540. The Labute approximate surface area is 138 Å². The van der Waals surface area contributed by atoms with Gasteiger partial charge in [-0.3, -0.25) is 0 Å². The lowest BCUT2D eigenvalue weighted by Gasteiger charge is -2.28. The van der Waals surface area contributed by atoms with Gasteiger partial charge in [0.2, 0.25) is 0 Å². The summed E-state index contributed by atoms with van der Waals surface area (Å²) in [5.74, 6) is 0.435. The minimum absolute atomic E-state index is 0.0717. The van der Waals surface area contributed by atoms with Crippen molar-refractivity contribution in [3.05, 3.63) is 29.8 Å². The molecule has 0 aliphatic heterocycles. The van der Waals surface area contributed by atoms with Gasteiger partial charge in [0.15, 0.2) is 6.04 Å². The minimum atomic E-state index is -4.62. The van der Waals surface area contributed by atoms with E-state index in [4.69, 9.17) is 4.74 Å². The summed E-state index contributed by atoms with van der Waals surface area (Å²) in [5.41, 5.74) is -0.0717. The van der Waals surface area contributed by atoms with Crippen LogP contribution in [-0.2, 0) is 0 Å². The van der Waals surface area contributed by atoms with Gasteiger partial charge in [0, 0.05) is 6.04 Å². The van der Waals surface area contributed by atoms with Crippen molar-refractivity contribution >= 4 is 6.03 Å². The molecular weight excluding hydrogens is 325 g/mol. The van der Waals surface area contributed by atoms with Gasteiger partial charge >= 0.3 is 12.2 Å². The smallest absolute Gasteiger partial charge is 0.412 e. The Hall–Kier alpha value is -1.96. The summed E-state index contributed by atoms with van der Waals surface area (Å²) in [7, 11) is 1.42. The van der Waals surface area contributed by atoms with Crippen molar-refractivity contribution < 1.29 is 27.8 Å². The first-order valence-electron chi connectivity index (χ1n) is 7.75. The molecule has 134 valence electrons. The largest absolute Gasteiger partial charge is 0.497 e. The number of carbonyl (C=O) groups excluding carboxylic acids is 1. The first-order chi connectivity index (χ1) is 11.3. The Kier molecular flexibility index (Phi) is 5.93. The normalized spacial score (nSPS) is 22.5. The van der Waals surface area contributed by atoms with Gasteiger partial charge in [0.05, 0.1) is 13.2 Å². The summed E-state index contributed by atoms with van der Waals surface area (Å²) >= 11 is 0. The number of carbonyl (C=O) groups is 1. The lowest BCUT2D eigenvalue weighted by molar-refractivity contribution is -0.155. The monoisotopic (exact) mass is 346 g/mol. The van der Waals surface area contributed by atoms with E-state index in [0.29, 0.717) is 31.4 Å². The number of methoxy groups -OCH3 is 1. The molecule has 3 N–H and O–H groups in total. The summed E-state index contributed by atoms with van der Waals surface area (Å²) in [6.45, 7) is 0. The Balaban J connectivity index is 2.01. The summed E-state index contributed by atoms with van der Waals surface area (Å²) in [4.78, 5) is 11.9. The number of benzene rings is 1. The van der Waals surface area contributed by atoms with Crippen molar-refractivity contribution in [2.45, 2.75) is 50.0 Å². The van der Waals surface area contributed by atoms with Crippen molar-refractivity contribution in [3.63, 3.8) is 0 Å². The van der Waals surface area contributed by atoms with Crippen LogP contribution >= 0.6 is 0 Å². The second-order valence-corrected chi connectivity index (χ2v) is 5.87. The number of hydrogen-bond acceptors (Lipinski definition) is 3. The molecule has 2 amide bonds. The Morgan fingerprint density at radius 2 is 1.79 bits per heavy atom. The third kappa shape index (κ3) is 5.02. The van der Waals surface area contributed by atoms with Crippen LogP contribution in [0.4, 0.5) is 18.0 Å². The maximum absolute atomic E-state index is 13.3. The molecular formula is C16H21F3N2O3. The summed E-state index contributed by atoms with van der Waals surface area (Å²) in [6, 6.07) is 2.18. The van der Waals surface area contributed by atoms with E-state index < -0.39 is 24.4 Å². The van der Waals surface area contributed by atoms with Crippen LogP contribution in [-0.4, -0.2) is 36.6 Å². The van der Waals surface area contributed by atoms with Crippen LogP contribution in [0.5, 0.6) is 5.75 Å². The van der Waals surface area contributed by atoms with Gasteiger partial charge in [-0.25, -0.2) is 4.79 Å². The second-order valence-electron chi connectivity index (χ2n) is 5.87. The number of rotatable bonds is 4. The molecule has 0 heterocycles. The standard InChI is InChI=1S/C16H21F3N2O3/c1-24-13-8-2-10(3-9-13)14(16(17,18)19)21-15(23)20-11-4-6-12(22)7-5-11/h2-3,8-9,11-12,14,22H,4-7H2,1H3,(H2,20,21,23)/t11?,12?,14-/m1/s1. The van der Waals surface area contributed by atoms with Gasteiger partial charge < -0.3 is 20.5 Å². The van der Waals surface area contributed by atoms with E-state index in [1.54, 1.807) is 0 Å². The second kappa shape index (κ2) is 7.74. The van der Waals surface area contributed by atoms with E-state index in [1.165, 1.54) is 31.4 Å². The predicted octanol–water partition coefficient (Wildman–Crippen LogP) is 2.90. The van der Waals surface area contributed by atoms with Crippen LogP contribution in [0.3, 0.4) is 0 Å². The topological polar surface area (TPSA) is 70.6 Å². The minimum Gasteiger partial charge on any atom is -0.497 e. The lowest BCUT2D eigenvalue weighted by Crippen LogP contribution is -2.48. The number of halogens is 3. The lowest BCUT2D eigenvalue weighted by atomic mass is 9.93. The Morgan fingerprint density at radius 1 is 1.21 bits per heavy atom. The highest BCUT2D eigenvalue weighted by Gasteiger charge is 2.42. The SMILES string of the molecule is COc1ccc([C@@H](NC(=O)NC2CCC(O)CC2)C(F)(F)F)cc1. The summed E-state index contributed by atoms with van der Waals surface area (Å²) in [6.07, 6.45) is -2.84. The molecule has 1 aromatic rings. The van der Waals surface area contributed by atoms with E-state index in [9.17, 15) is 23.1 Å². The highest BCUT2D eigenvalue weighted by atomic mass is 19.4. The van der Waals surface area contributed by atoms with E-state index in [-0.39, 0.29) is 11.6 Å². The zero-order valence-electron chi connectivity index (χ0n) is 13.3. The fourth-order valence-electron chi connectivity index (χ4n) is 2.73. The number of aliphatic hydroxyl groups is 1. The predicted molar refractivity (Wildman–Crippen MR) is 81.7 cm³/mol. The van der Waals surface area contributed by atoms with Crippen LogP contribution in [0.25, 0.3) is 0 Å². The molecule has 1 aromatic carbocycles. The van der Waals surface area contributed by atoms with Crippen LogP contribution in [0.15, 0.2) is 24.3 Å². The number of nitrogens with one attached hydrogen (secondary N) is 2. The van der Waals surface area contributed by atoms with E-state index in [0.717, 1.165) is 0 Å². The van der Waals surface area contributed by atoms with Gasteiger partial charge in [0.25, 0.3) is 0 Å². The molecule has 24 heavy (non-hydrogen) atoms. The molecule has 1 saturated carbocycles. The molecule has 0 saturated heterocycles. The van der Waals surface area contributed by atoms with E-state index >= 15 is 0 Å².